The van der Waals surface area contributed by atoms with Gasteiger partial charge in [-0.1, -0.05) is 89.7 Å². The molecule has 0 spiro atoms. The van der Waals surface area contributed by atoms with Crippen molar-refractivity contribution in [1.29, 1.82) is 0 Å². The number of allylic oxidation sites excluding steroid dienone is 2. The molecular weight excluding hydrogens is 392 g/mol. The zero-order valence-electron chi connectivity index (χ0n) is 20.1. The predicted molar refractivity (Wildman–Crippen MR) is 127 cm³/mol. The summed E-state index contributed by atoms with van der Waals surface area (Å²) in [6.45, 7) is 2.74. The first kappa shape index (κ1) is 28.6. The van der Waals surface area contributed by atoms with Gasteiger partial charge < -0.3 is 24.8 Å². The van der Waals surface area contributed by atoms with Gasteiger partial charge in [0.15, 0.2) is 0 Å². The lowest BCUT2D eigenvalue weighted by molar-refractivity contribution is -0.0730. The lowest BCUT2D eigenvalue weighted by atomic mass is 10.1. The summed E-state index contributed by atoms with van der Waals surface area (Å²) >= 11 is 0. The van der Waals surface area contributed by atoms with E-state index < -0.39 is 31.0 Å². The van der Waals surface area contributed by atoms with E-state index in [1.165, 1.54) is 89.9 Å². The van der Waals surface area contributed by atoms with Gasteiger partial charge in [-0.2, -0.15) is 0 Å². The van der Waals surface area contributed by atoms with Crippen LogP contribution < -0.4 is 0 Å². The monoisotopic (exact) mass is 442 g/mol. The Morgan fingerprint density at radius 1 is 0.839 bits per heavy atom. The molecule has 1 aliphatic rings. The van der Waals surface area contributed by atoms with Crippen molar-refractivity contribution in [2.45, 2.75) is 134 Å². The SMILES string of the molecule is CCCCCCCC/C=C/CCCCCCCCCCO[C@H]1CO[C@H]([C@H](O)CO)[C@@H]1O. The lowest BCUT2D eigenvalue weighted by Crippen LogP contribution is -2.41. The zero-order valence-corrected chi connectivity index (χ0v) is 20.1. The Hall–Kier alpha value is -0.460. The van der Waals surface area contributed by atoms with Gasteiger partial charge in [-0.05, 0) is 32.1 Å². The molecule has 1 saturated heterocycles. The van der Waals surface area contributed by atoms with Crippen molar-refractivity contribution in [1.82, 2.24) is 0 Å². The van der Waals surface area contributed by atoms with Crippen molar-refractivity contribution >= 4 is 0 Å². The molecule has 184 valence electrons. The molecule has 0 aromatic heterocycles. The maximum Gasteiger partial charge on any atom is 0.114 e. The van der Waals surface area contributed by atoms with E-state index in [0.717, 1.165) is 12.8 Å². The molecule has 0 aromatic carbocycles. The second kappa shape index (κ2) is 20.2. The first-order valence-corrected chi connectivity index (χ1v) is 13.1. The summed E-state index contributed by atoms with van der Waals surface area (Å²) in [5.74, 6) is 0. The minimum atomic E-state index is -1.05. The molecule has 1 rings (SSSR count). The largest absolute Gasteiger partial charge is 0.394 e. The van der Waals surface area contributed by atoms with Gasteiger partial charge in [0, 0.05) is 6.61 Å². The van der Waals surface area contributed by atoms with Gasteiger partial charge in [-0.25, -0.2) is 0 Å². The zero-order chi connectivity index (χ0) is 22.6. The van der Waals surface area contributed by atoms with Gasteiger partial charge in [-0.15, -0.1) is 0 Å². The minimum absolute atomic E-state index is 0.275. The van der Waals surface area contributed by atoms with E-state index in [4.69, 9.17) is 14.6 Å². The molecule has 5 heteroatoms. The Bertz CT molecular complexity index is 415. The van der Waals surface area contributed by atoms with Gasteiger partial charge in [-0.3, -0.25) is 0 Å². The van der Waals surface area contributed by atoms with Crippen molar-refractivity contribution in [2.75, 3.05) is 19.8 Å². The number of unbranched alkanes of at least 4 members (excludes halogenated alkanes) is 14. The lowest BCUT2D eigenvalue weighted by Gasteiger charge is -2.20. The van der Waals surface area contributed by atoms with Crippen LogP contribution >= 0.6 is 0 Å². The Kier molecular flexibility index (Phi) is 18.6. The normalized spacial score (nSPS) is 22.5. The molecule has 1 aliphatic heterocycles. The fourth-order valence-electron chi connectivity index (χ4n) is 4.14. The van der Waals surface area contributed by atoms with Crippen LogP contribution in [0.2, 0.25) is 0 Å². The average Bonchev–Trinajstić information content (AvgIpc) is 3.15. The van der Waals surface area contributed by atoms with Gasteiger partial charge in [0.2, 0.25) is 0 Å². The molecule has 1 fully saturated rings. The number of rotatable bonds is 21. The fraction of sp³-hybridized carbons (Fsp3) is 0.923. The highest BCUT2D eigenvalue weighted by Gasteiger charge is 2.40. The summed E-state index contributed by atoms with van der Waals surface area (Å²) in [6, 6.07) is 0. The van der Waals surface area contributed by atoms with Crippen molar-refractivity contribution in [3.05, 3.63) is 12.2 Å². The molecule has 3 N–H and O–H groups in total. The third kappa shape index (κ3) is 14.3. The van der Waals surface area contributed by atoms with Gasteiger partial charge in [0.05, 0.1) is 13.2 Å². The van der Waals surface area contributed by atoms with Crippen molar-refractivity contribution in [2.24, 2.45) is 0 Å². The van der Waals surface area contributed by atoms with Crippen LogP contribution in [-0.4, -0.2) is 59.6 Å². The van der Waals surface area contributed by atoms with Crippen LogP contribution in [0.15, 0.2) is 12.2 Å². The van der Waals surface area contributed by atoms with Gasteiger partial charge >= 0.3 is 0 Å². The first-order valence-electron chi connectivity index (χ1n) is 13.1. The van der Waals surface area contributed by atoms with E-state index in [9.17, 15) is 10.2 Å². The highest BCUT2D eigenvalue weighted by atomic mass is 16.6. The number of ether oxygens (including phenoxy) is 2. The summed E-state index contributed by atoms with van der Waals surface area (Å²) in [6.07, 6.45) is 22.4. The number of aliphatic hydroxyl groups excluding tert-OH is 3. The number of hydrogen-bond acceptors (Lipinski definition) is 5. The minimum Gasteiger partial charge on any atom is -0.394 e. The van der Waals surface area contributed by atoms with Crippen molar-refractivity contribution < 1.29 is 24.8 Å². The van der Waals surface area contributed by atoms with Crippen LogP contribution in [-0.2, 0) is 9.47 Å². The van der Waals surface area contributed by atoms with Crippen molar-refractivity contribution in [3.8, 4) is 0 Å². The molecule has 0 aliphatic carbocycles. The van der Waals surface area contributed by atoms with Crippen LogP contribution in [0.4, 0.5) is 0 Å². The molecule has 31 heavy (non-hydrogen) atoms. The average molecular weight is 443 g/mol. The maximum absolute atomic E-state index is 10.1. The standard InChI is InChI=1S/C26H50O5/c1-2-3-4-5-6-7-8-9-10-11-12-13-14-15-16-17-18-19-20-30-24-22-31-26(25(24)29)23(28)21-27/h9-10,23-29H,2-8,11-22H2,1H3/b10-9+/t23-,24+,25-,26-/m1/s1. The molecule has 1 heterocycles. The van der Waals surface area contributed by atoms with Crippen LogP contribution in [0.3, 0.4) is 0 Å². The number of hydrogen-bond donors (Lipinski definition) is 3. The number of aliphatic hydroxyl groups is 3. The molecule has 0 saturated carbocycles. The molecule has 0 bridgehead atoms. The summed E-state index contributed by atoms with van der Waals surface area (Å²) in [5, 5.41) is 28.6. The second-order valence-corrected chi connectivity index (χ2v) is 9.09. The highest BCUT2D eigenvalue weighted by Crippen LogP contribution is 2.20. The van der Waals surface area contributed by atoms with E-state index >= 15 is 0 Å². The van der Waals surface area contributed by atoms with E-state index in [1.807, 2.05) is 0 Å². The van der Waals surface area contributed by atoms with Crippen LogP contribution in [0.5, 0.6) is 0 Å². The molecule has 0 unspecified atom stereocenters. The van der Waals surface area contributed by atoms with Gasteiger partial charge in [0.1, 0.15) is 24.4 Å². The topological polar surface area (TPSA) is 79.2 Å². The maximum atomic E-state index is 10.1. The Morgan fingerprint density at radius 3 is 1.90 bits per heavy atom. The van der Waals surface area contributed by atoms with E-state index in [0.29, 0.717) is 6.61 Å². The smallest absolute Gasteiger partial charge is 0.114 e. The fourth-order valence-corrected chi connectivity index (χ4v) is 4.14. The highest BCUT2D eigenvalue weighted by molar-refractivity contribution is 4.88. The Morgan fingerprint density at radius 2 is 1.35 bits per heavy atom. The third-order valence-corrected chi connectivity index (χ3v) is 6.22. The Labute approximate surface area is 191 Å². The molecule has 0 radical (unpaired) electrons. The molecule has 0 aromatic rings. The van der Waals surface area contributed by atoms with Crippen LogP contribution in [0.25, 0.3) is 0 Å². The van der Waals surface area contributed by atoms with Gasteiger partial charge in [0.25, 0.3) is 0 Å². The second-order valence-electron chi connectivity index (χ2n) is 9.09. The van der Waals surface area contributed by atoms with Crippen molar-refractivity contribution in [3.63, 3.8) is 0 Å². The van der Waals surface area contributed by atoms with Crippen LogP contribution in [0, 0.1) is 0 Å². The molecule has 0 amide bonds. The van der Waals surface area contributed by atoms with E-state index in [-0.39, 0.29) is 6.61 Å². The summed E-state index contributed by atoms with van der Waals surface area (Å²) in [4.78, 5) is 0. The predicted octanol–water partition coefficient (Wildman–Crippen LogP) is 5.30. The molecule has 5 nitrogen and oxygen atoms in total. The third-order valence-electron chi connectivity index (χ3n) is 6.22. The molecular formula is C26H50O5. The summed E-state index contributed by atoms with van der Waals surface area (Å²) < 4.78 is 11.0. The van der Waals surface area contributed by atoms with E-state index in [1.54, 1.807) is 0 Å². The first-order chi connectivity index (χ1) is 15.2. The summed E-state index contributed by atoms with van der Waals surface area (Å²) in [7, 11) is 0. The molecule has 4 atom stereocenters. The quantitative estimate of drug-likeness (QED) is 0.166. The van der Waals surface area contributed by atoms with E-state index in [2.05, 4.69) is 19.1 Å². The van der Waals surface area contributed by atoms with Crippen LogP contribution in [0.1, 0.15) is 110 Å². The summed E-state index contributed by atoms with van der Waals surface area (Å²) in [5.41, 5.74) is 0. The Balaban J connectivity index is 1.80.